The molecule has 0 aliphatic carbocycles. The first-order valence-corrected chi connectivity index (χ1v) is 9.06. The summed E-state index contributed by atoms with van der Waals surface area (Å²) in [6.07, 6.45) is 1.57. The van der Waals surface area contributed by atoms with Crippen molar-refractivity contribution in [2.75, 3.05) is 38.2 Å². The van der Waals surface area contributed by atoms with E-state index in [-0.39, 0.29) is 17.2 Å². The molecule has 8 nitrogen and oxygen atoms in total. The Balaban J connectivity index is 1.64. The molecule has 0 radical (unpaired) electrons. The minimum Gasteiger partial charge on any atom is -0.497 e. The first-order valence-electron chi connectivity index (χ1n) is 9.06. The zero-order valence-electron chi connectivity index (χ0n) is 15.9. The van der Waals surface area contributed by atoms with Crippen molar-refractivity contribution in [3.05, 3.63) is 69.8 Å². The van der Waals surface area contributed by atoms with Gasteiger partial charge in [-0.25, -0.2) is 0 Å². The molecular weight excluding hydrogens is 372 g/mol. The second-order valence-electron chi connectivity index (χ2n) is 6.50. The van der Waals surface area contributed by atoms with Crippen molar-refractivity contribution in [1.82, 2.24) is 4.90 Å². The summed E-state index contributed by atoms with van der Waals surface area (Å²) in [5, 5.41) is 20.2. The van der Waals surface area contributed by atoms with Gasteiger partial charge in [-0.15, -0.1) is 0 Å². The molecule has 0 atom stereocenters. The van der Waals surface area contributed by atoms with E-state index in [9.17, 15) is 20.2 Å². The Morgan fingerprint density at radius 3 is 2.24 bits per heavy atom. The molecular formula is C21H20N4O4. The molecule has 1 fully saturated rings. The Morgan fingerprint density at radius 2 is 1.72 bits per heavy atom. The van der Waals surface area contributed by atoms with E-state index in [1.807, 2.05) is 6.07 Å². The minimum atomic E-state index is -0.432. The van der Waals surface area contributed by atoms with Crippen LogP contribution >= 0.6 is 0 Å². The van der Waals surface area contributed by atoms with Gasteiger partial charge in [0.15, 0.2) is 0 Å². The number of nitro benzene ring substituents is 1. The smallest absolute Gasteiger partial charge is 0.269 e. The molecule has 0 unspecified atom stereocenters. The average Bonchev–Trinajstić information content (AvgIpc) is 2.77. The van der Waals surface area contributed by atoms with Crippen molar-refractivity contribution in [3.8, 4) is 11.8 Å². The summed E-state index contributed by atoms with van der Waals surface area (Å²) in [7, 11) is 1.57. The van der Waals surface area contributed by atoms with E-state index in [1.54, 1.807) is 54.5 Å². The first kappa shape index (κ1) is 19.9. The van der Waals surface area contributed by atoms with Gasteiger partial charge >= 0.3 is 0 Å². The average molecular weight is 392 g/mol. The molecule has 0 bridgehead atoms. The lowest BCUT2D eigenvalue weighted by molar-refractivity contribution is -0.384. The van der Waals surface area contributed by atoms with Crippen LogP contribution < -0.4 is 9.64 Å². The number of nitro groups is 1. The number of rotatable bonds is 5. The topological polar surface area (TPSA) is 99.7 Å². The number of anilines is 1. The summed E-state index contributed by atoms with van der Waals surface area (Å²) in [5.41, 5.74) is 1.75. The number of ether oxygens (including phenoxy) is 1. The van der Waals surface area contributed by atoms with Crippen LogP contribution in [0.3, 0.4) is 0 Å². The number of carbonyl (C=O) groups excluding carboxylic acids is 1. The fourth-order valence-electron chi connectivity index (χ4n) is 3.13. The molecule has 1 aliphatic rings. The Bertz CT molecular complexity index is 954. The molecule has 1 heterocycles. The van der Waals surface area contributed by atoms with Gasteiger partial charge in [0.25, 0.3) is 11.6 Å². The summed E-state index contributed by atoms with van der Waals surface area (Å²) < 4.78 is 5.11. The predicted molar refractivity (Wildman–Crippen MR) is 108 cm³/mol. The minimum absolute atomic E-state index is 0.0462. The van der Waals surface area contributed by atoms with Gasteiger partial charge in [0, 0.05) is 44.0 Å². The number of non-ortho nitro benzene ring substituents is 1. The van der Waals surface area contributed by atoms with E-state index in [2.05, 4.69) is 4.90 Å². The van der Waals surface area contributed by atoms with Gasteiger partial charge in [-0.2, -0.15) is 5.26 Å². The second kappa shape index (κ2) is 8.89. The van der Waals surface area contributed by atoms with E-state index >= 15 is 0 Å². The lowest BCUT2D eigenvalue weighted by atomic mass is 10.1. The summed E-state index contributed by atoms with van der Waals surface area (Å²) in [4.78, 5) is 26.8. The lowest BCUT2D eigenvalue weighted by Gasteiger charge is -2.36. The molecule has 0 N–H and O–H groups in total. The lowest BCUT2D eigenvalue weighted by Crippen LogP contribution is -2.49. The van der Waals surface area contributed by atoms with Gasteiger partial charge < -0.3 is 14.5 Å². The van der Waals surface area contributed by atoms with Crippen LogP contribution in [0.2, 0.25) is 0 Å². The number of hydrogen-bond acceptors (Lipinski definition) is 6. The Hall–Kier alpha value is -3.86. The normalized spacial score (nSPS) is 14.3. The maximum atomic E-state index is 12.7. The Kier molecular flexibility index (Phi) is 6.09. The Labute approximate surface area is 168 Å². The number of hydrogen-bond donors (Lipinski definition) is 0. The van der Waals surface area contributed by atoms with Crippen molar-refractivity contribution < 1.29 is 14.5 Å². The van der Waals surface area contributed by atoms with E-state index in [0.717, 1.165) is 11.3 Å². The third-order valence-electron chi connectivity index (χ3n) is 4.77. The van der Waals surface area contributed by atoms with E-state index in [0.29, 0.717) is 31.9 Å². The first-order chi connectivity index (χ1) is 14.0. The highest BCUT2D eigenvalue weighted by atomic mass is 16.6. The van der Waals surface area contributed by atoms with E-state index in [4.69, 9.17) is 4.74 Å². The van der Waals surface area contributed by atoms with Gasteiger partial charge in [0.1, 0.15) is 17.4 Å². The number of nitriles is 1. The molecule has 8 heteroatoms. The molecule has 148 valence electrons. The van der Waals surface area contributed by atoms with Crippen LogP contribution in [-0.2, 0) is 4.79 Å². The van der Waals surface area contributed by atoms with Crippen LogP contribution in [0.1, 0.15) is 5.56 Å². The molecule has 2 aromatic carbocycles. The molecule has 2 aromatic rings. The monoisotopic (exact) mass is 392 g/mol. The molecule has 3 rings (SSSR count). The van der Waals surface area contributed by atoms with Gasteiger partial charge in [-0.05, 0) is 35.9 Å². The summed E-state index contributed by atoms with van der Waals surface area (Å²) >= 11 is 0. The van der Waals surface area contributed by atoms with Gasteiger partial charge in [-0.3, -0.25) is 14.9 Å². The van der Waals surface area contributed by atoms with Crippen molar-refractivity contribution in [1.29, 1.82) is 5.26 Å². The van der Waals surface area contributed by atoms with Gasteiger partial charge in [0.05, 0.1) is 12.0 Å². The van der Waals surface area contributed by atoms with Crippen LogP contribution in [0.5, 0.6) is 5.75 Å². The number of methoxy groups -OCH3 is 1. The third-order valence-corrected chi connectivity index (χ3v) is 4.77. The van der Waals surface area contributed by atoms with E-state index in [1.165, 1.54) is 12.1 Å². The highest BCUT2D eigenvalue weighted by Crippen LogP contribution is 2.21. The molecule has 1 amide bonds. The number of benzene rings is 2. The third kappa shape index (κ3) is 4.71. The van der Waals surface area contributed by atoms with E-state index < -0.39 is 4.92 Å². The number of amides is 1. The highest BCUT2D eigenvalue weighted by molar-refractivity contribution is 6.01. The van der Waals surface area contributed by atoms with Crippen molar-refractivity contribution in [2.45, 2.75) is 0 Å². The summed E-state index contributed by atoms with van der Waals surface area (Å²) in [6, 6.07) is 15.5. The van der Waals surface area contributed by atoms with Crippen LogP contribution in [0.4, 0.5) is 11.4 Å². The zero-order valence-corrected chi connectivity index (χ0v) is 15.9. The summed E-state index contributed by atoms with van der Waals surface area (Å²) in [6.45, 7) is 2.12. The van der Waals surface area contributed by atoms with Crippen LogP contribution in [0.25, 0.3) is 6.08 Å². The Morgan fingerprint density at radius 1 is 1.10 bits per heavy atom. The largest absolute Gasteiger partial charge is 0.497 e. The van der Waals surface area contributed by atoms with Crippen LogP contribution in [-0.4, -0.2) is 49.0 Å². The number of piperazine rings is 1. The fourth-order valence-corrected chi connectivity index (χ4v) is 3.13. The molecule has 29 heavy (non-hydrogen) atoms. The fraction of sp³-hybridized carbons (Fsp3) is 0.238. The molecule has 0 spiro atoms. The maximum absolute atomic E-state index is 12.7. The molecule has 1 saturated heterocycles. The number of carbonyl (C=O) groups is 1. The van der Waals surface area contributed by atoms with Gasteiger partial charge in [0.2, 0.25) is 0 Å². The van der Waals surface area contributed by atoms with Crippen molar-refractivity contribution in [2.24, 2.45) is 0 Å². The second-order valence-corrected chi connectivity index (χ2v) is 6.50. The standard InChI is InChI=1S/C21H20N4O4/c1-29-20-8-2-16(3-9-20)14-17(15-22)21(26)24-12-10-23(11-13-24)18-4-6-19(7-5-18)25(27)28/h2-9,14H,10-13H2,1H3/b17-14+. The molecule has 1 aliphatic heterocycles. The maximum Gasteiger partial charge on any atom is 0.269 e. The quantitative estimate of drug-likeness (QED) is 0.336. The van der Waals surface area contributed by atoms with Crippen molar-refractivity contribution in [3.63, 3.8) is 0 Å². The zero-order chi connectivity index (χ0) is 20.8. The predicted octanol–water partition coefficient (Wildman–Crippen LogP) is 2.86. The summed E-state index contributed by atoms with van der Waals surface area (Å²) in [5.74, 6) is 0.404. The highest BCUT2D eigenvalue weighted by Gasteiger charge is 2.24. The van der Waals surface area contributed by atoms with Crippen molar-refractivity contribution >= 4 is 23.4 Å². The van der Waals surface area contributed by atoms with Crippen LogP contribution in [0, 0.1) is 21.4 Å². The molecule has 0 aromatic heterocycles. The molecule has 0 saturated carbocycles. The SMILES string of the molecule is COc1ccc(/C=C(\C#N)C(=O)N2CCN(c3ccc([N+](=O)[O-])cc3)CC2)cc1. The van der Waals surface area contributed by atoms with Crippen LogP contribution in [0.15, 0.2) is 54.1 Å². The number of nitrogens with zero attached hydrogens (tertiary/aromatic N) is 4. The van der Waals surface area contributed by atoms with Gasteiger partial charge in [-0.1, -0.05) is 12.1 Å².